The highest BCUT2D eigenvalue weighted by Gasteiger charge is 1.88. The minimum atomic E-state index is 0.974. The largest absolute Gasteiger partial charge is 0.201 e. The van der Waals surface area contributed by atoms with Crippen LogP contribution in [0.3, 0.4) is 0 Å². The summed E-state index contributed by atoms with van der Waals surface area (Å²) in [5, 5.41) is 0. The zero-order chi connectivity index (χ0) is 5.82. The summed E-state index contributed by atoms with van der Waals surface area (Å²) < 4.78 is 3.95. The number of rotatable bonds is 2. The van der Waals surface area contributed by atoms with E-state index in [1.54, 1.807) is 11.5 Å². The number of hydrogen-bond donors (Lipinski definition) is 0. The Bertz CT molecular complexity index is 134. The molecular formula is C6H8NS. The summed E-state index contributed by atoms with van der Waals surface area (Å²) in [5.74, 6) is 0. The first-order chi connectivity index (χ1) is 3.93. The van der Waals surface area contributed by atoms with Crippen molar-refractivity contribution in [1.29, 1.82) is 0 Å². The molecule has 0 spiro atoms. The van der Waals surface area contributed by atoms with Gasteiger partial charge in [-0.2, -0.15) is 0 Å². The van der Waals surface area contributed by atoms with Crippen molar-refractivity contribution in [2.24, 2.45) is 0 Å². The number of aryl methyl sites for hydroxylation is 1. The molecule has 8 heavy (non-hydrogen) atoms. The second-order valence-electron chi connectivity index (χ2n) is 1.58. The van der Waals surface area contributed by atoms with E-state index in [1.807, 2.05) is 12.3 Å². The average molecular weight is 126 g/mol. The van der Waals surface area contributed by atoms with Crippen LogP contribution < -0.4 is 0 Å². The van der Waals surface area contributed by atoms with Gasteiger partial charge in [-0.15, -0.1) is 0 Å². The van der Waals surface area contributed by atoms with E-state index in [0.29, 0.717) is 0 Å². The molecule has 0 aromatic carbocycles. The molecule has 0 N–H and O–H groups in total. The highest BCUT2D eigenvalue weighted by atomic mass is 32.1. The van der Waals surface area contributed by atoms with E-state index < -0.39 is 0 Å². The maximum absolute atomic E-state index is 3.95. The van der Waals surface area contributed by atoms with Crippen LogP contribution in [0, 0.1) is 6.92 Å². The van der Waals surface area contributed by atoms with E-state index in [4.69, 9.17) is 0 Å². The standard InChI is InChI=1S/C6H8NS/c1-2-3-6-4-5-7-8-6/h4-5H,1-3H2. The Morgan fingerprint density at radius 1 is 1.75 bits per heavy atom. The third-order valence-corrected chi connectivity index (χ3v) is 1.72. The van der Waals surface area contributed by atoms with Gasteiger partial charge in [0, 0.05) is 11.1 Å². The molecule has 1 aromatic heterocycles. The van der Waals surface area contributed by atoms with Gasteiger partial charge in [0.2, 0.25) is 0 Å². The molecule has 0 unspecified atom stereocenters. The molecular weight excluding hydrogens is 118 g/mol. The highest BCUT2D eigenvalue weighted by molar-refractivity contribution is 7.05. The van der Waals surface area contributed by atoms with E-state index in [-0.39, 0.29) is 0 Å². The molecule has 1 rings (SSSR count). The van der Waals surface area contributed by atoms with Crippen molar-refractivity contribution in [3.8, 4) is 0 Å². The zero-order valence-electron chi connectivity index (χ0n) is 4.63. The topological polar surface area (TPSA) is 12.9 Å². The van der Waals surface area contributed by atoms with Crippen LogP contribution in [0.1, 0.15) is 11.3 Å². The second-order valence-corrected chi connectivity index (χ2v) is 2.50. The van der Waals surface area contributed by atoms with Crippen LogP contribution in [-0.4, -0.2) is 4.37 Å². The lowest BCUT2D eigenvalue weighted by Gasteiger charge is -1.84. The van der Waals surface area contributed by atoms with E-state index in [2.05, 4.69) is 11.3 Å². The molecule has 0 bridgehead atoms. The van der Waals surface area contributed by atoms with Gasteiger partial charge < -0.3 is 0 Å². The van der Waals surface area contributed by atoms with Gasteiger partial charge in [0.15, 0.2) is 0 Å². The van der Waals surface area contributed by atoms with Crippen LogP contribution in [0.4, 0.5) is 0 Å². The molecule has 1 radical (unpaired) electrons. The van der Waals surface area contributed by atoms with Crippen LogP contribution >= 0.6 is 11.5 Å². The Balaban J connectivity index is 2.50. The highest BCUT2D eigenvalue weighted by Crippen LogP contribution is 2.05. The van der Waals surface area contributed by atoms with Crippen molar-refractivity contribution in [1.82, 2.24) is 4.37 Å². The second kappa shape index (κ2) is 2.82. The molecule has 1 heterocycles. The van der Waals surface area contributed by atoms with Crippen LogP contribution in [0.25, 0.3) is 0 Å². The quantitative estimate of drug-likeness (QED) is 0.590. The molecule has 0 aliphatic rings. The van der Waals surface area contributed by atoms with Crippen LogP contribution in [0.2, 0.25) is 0 Å². The van der Waals surface area contributed by atoms with Gasteiger partial charge >= 0.3 is 0 Å². The van der Waals surface area contributed by atoms with Crippen molar-refractivity contribution >= 4 is 11.5 Å². The SMILES string of the molecule is [CH2]CCc1ccns1. The first kappa shape index (κ1) is 5.76. The van der Waals surface area contributed by atoms with Gasteiger partial charge in [0.05, 0.1) is 0 Å². The number of hydrogen-bond acceptors (Lipinski definition) is 2. The lowest BCUT2D eigenvalue weighted by molar-refractivity contribution is 1.03. The fourth-order valence-corrected chi connectivity index (χ4v) is 1.16. The summed E-state index contributed by atoms with van der Waals surface area (Å²) >= 11 is 1.56. The summed E-state index contributed by atoms with van der Waals surface area (Å²) in [5.41, 5.74) is 0. The predicted molar refractivity (Wildman–Crippen MR) is 35.8 cm³/mol. The summed E-state index contributed by atoms with van der Waals surface area (Å²) in [7, 11) is 0. The third kappa shape index (κ3) is 1.30. The minimum absolute atomic E-state index is 0.974. The molecule has 0 aliphatic heterocycles. The van der Waals surface area contributed by atoms with Gasteiger partial charge in [-0.1, -0.05) is 6.92 Å². The molecule has 0 saturated carbocycles. The smallest absolute Gasteiger partial charge is 0.0409 e. The van der Waals surface area contributed by atoms with Gasteiger partial charge in [-0.3, -0.25) is 0 Å². The molecule has 1 nitrogen and oxygen atoms in total. The van der Waals surface area contributed by atoms with Crippen molar-refractivity contribution in [3.63, 3.8) is 0 Å². The van der Waals surface area contributed by atoms with Gasteiger partial charge in [0.25, 0.3) is 0 Å². The first-order valence-electron chi connectivity index (χ1n) is 2.62. The summed E-state index contributed by atoms with van der Waals surface area (Å²) in [6.07, 6.45) is 3.88. The molecule has 0 amide bonds. The van der Waals surface area contributed by atoms with Crippen molar-refractivity contribution in [2.45, 2.75) is 12.8 Å². The van der Waals surface area contributed by atoms with Crippen LogP contribution in [0.5, 0.6) is 0 Å². The third-order valence-electron chi connectivity index (χ3n) is 0.914. The molecule has 0 saturated heterocycles. The van der Waals surface area contributed by atoms with Crippen LogP contribution in [0.15, 0.2) is 12.3 Å². The number of nitrogens with zero attached hydrogens (tertiary/aromatic N) is 1. The summed E-state index contributed by atoms with van der Waals surface area (Å²) in [4.78, 5) is 1.33. The molecule has 0 atom stereocenters. The zero-order valence-corrected chi connectivity index (χ0v) is 5.45. The maximum atomic E-state index is 3.95. The van der Waals surface area contributed by atoms with Gasteiger partial charge in [-0.05, 0) is 30.4 Å². The molecule has 43 valence electrons. The normalized spacial score (nSPS) is 9.62. The Hall–Kier alpha value is -0.370. The van der Waals surface area contributed by atoms with Gasteiger partial charge in [0.1, 0.15) is 0 Å². The summed E-state index contributed by atoms with van der Waals surface area (Å²) in [6, 6.07) is 2.04. The Morgan fingerprint density at radius 3 is 3.12 bits per heavy atom. The molecule has 2 heteroatoms. The molecule has 0 aliphatic carbocycles. The Labute approximate surface area is 53.5 Å². The van der Waals surface area contributed by atoms with Crippen molar-refractivity contribution < 1.29 is 0 Å². The summed E-state index contributed by atoms with van der Waals surface area (Å²) in [6.45, 7) is 3.74. The monoisotopic (exact) mass is 126 g/mol. The maximum Gasteiger partial charge on any atom is 0.0409 e. The fraction of sp³-hybridized carbons (Fsp3) is 0.333. The lowest BCUT2D eigenvalue weighted by atomic mass is 10.3. The van der Waals surface area contributed by atoms with Crippen molar-refractivity contribution in [3.05, 3.63) is 24.1 Å². The predicted octanol–water partition coefficient (Wildman–Crippen LogP) is 1.91. The Morgan fingerprint density at radius 2 is 2.62 bits per heavy atom. The fourth-order valence-electron chi connectivity index (χ4n) is 0.545. The lowest BCUT2D eigenvalue weighted by Crippen LogP contribution is -1.71. The van der Waals surface area contributed by atoms with E-state index >= 15 is 0 Å². The first-order valence-corrected chi connectivity index (χ1v) is 3.39. The Kier molecular flexibility index (Phi) is 2.03. The van der Waals surface area contributed by atoms with E-state index in [0.717, 1.165) is 12.8 Å². The molecule has 0 fully saturated rings. The van der Waals surface area contributed by atoms with Gasteiger partial charge in [-0.25, -0.2) is 4.37 Å². The molecule has 1 aromatic rings. The average Bonchev–Trinajstić information content (AvgIpc) is 2.19. The minimum Gasteiger partial charge on any atom is -0.201 e. The van der Waals surface area contributed by atoms with Crippen LogP contribution in [-0.2, 0) is 6.42 Å². The number of aromatic nitrogens is 1. The van der Waals surface area contributed by atoms with Crippen molar-refractivity contribution in [2.75, 3.05) is 0 Å². The van der Waals surface area contributed by atoms with E-state index in [1.165, 1.54) is 4.88 Å². The van der Waals surface area contributed by atoms with E-state index in [9.17, 15) is 0 Å².